The van der Waals surface area contributed by atoms with E-state index in [1.807, 2.05) is 18.7 Å². The van der Waals surface area contributed by atoms with Gasteiger partial charge in [-0.15, -0.1) is 0 Å². The van der Waals surface area contributed by atoms with Gasteiger partial charge < -0.3 is 0 Å². The van der Waals surface area contributed by atoms with Gasteiger partial charge in [0.05, 0.1) is 0 Å². The third kappa shape index (κ3) is 1.82. The standard InChI is InChI=1S/C6H11N3S/c1-6(8-9-7)2-4-10-5-3-6/h2-5H2,1H3. The van der Waals surface area contributed by atoms with Crippen molar-refractivity contribution in [3.05, 3.63) is 10.4 Å². The number of azide groups is 1. The molecule has 1 fully saturated rings. The van der Waals surface area contributed by atoms with Gasteiger partial charge in [-0.1, -0.05) is 12.0 Å². The molecule has 0 bridgehead atoms. The van der Waals surface area contributed by atoms with Gasteiger partial charge in [-0.3, -0.25) is 0 Å². The van der Waals surface area contributed by atoms with E-state index in [9.17, 15) is 0 Å². The Morgan fingerprint density at radius 3 is 2.60 bits per heavy atom. The van der Waals surface area contributed by atoms with E-state index in [4.69, 9.17) is 5.53 Å². The van der Waals surface area contributed by atoms with Crippen molar-refractivity contribution in [2.45, 2.75) is 25.3 Å². The van der Waals surface area contributed by atoms with Crippen molar-refractivity contribution in [2.75, 3.05) is 11.5 Å². The molecule has 0 unspecified atom stereocenters. The lowest BCUT2D eigenvalue weighted by Crippen LogP contribution is -2.26. The molecule has 1 heterocycles. The maximum Gasteiger partial charge on any atom is 0.0475 e. The van der Waals surface area contributed by atoms with Crippen molar-refractivity contribution in [3.63, 3.8) is 0 Å². The molecule has 1 aliphatic rings. The monoisotopic (exact) mass is 157 g/mol. The minimum absolute atomic E-state index is 0.0833. The SMILES string of the molecule is CC1(N=[N+]=[N-])CCSCC1. The van der Waals surface area contributed by atoms with Crippen molar-refractivity contribution in [2.24, 2.45) is 5.11 Å². The first-order valence-electron chi connectivity index (χ1n) is 3.41. The van der Waals surface area contributed by atoms with Crippen molar-refractivity contribution in [3.8, 4) is 0 Å². The summed E-state index contributed by atoms with van der Waals surface area (Å²) in [6.45, 7) is 2.03. The molecule has 56 valence electrons. The average molecular weight is 157 g/mol. The third-order valence-electron chi connectivity index (χ3n) is 1.86. The van der Waals surface area contributed by atoms with Crippen LogP contribution in [0.5, 0.6) is 0 Å². The highest BCUT2D eigenvalue weighted by atomic mass is 32.2. The summed E-state index contributed by atoms with van der Waals surface area (Å²) in [6.07, 6.45) is 2.06. The molecule has 3 nitrogen and oxygen atoms in total. The summed E-state index contributed by atoms with van der Waals surface area (Å²) in [4.78, 5) is 2.85. The van der Waals surface area contributed by atoms with Gasteiger partial charge in [0.1, 0.15) is 0 Å². The Hall–Kier alpha value is -0.340. The molecule has 0 saturated carbocycles. The topological polar surface area (TPSA) is 48.8 Å². The van der Waals surface area contributed by atoms with E-state index in [0.29, 0.717) is 0 Å². The molecule has 0 N–H and O–H groups in total. The Balaban J connectivity index is 2.56. The first-order valence-corrected chi connectivity index (χ1v) is 4.56. The van der Waals surface area contributed by atoms with E-state index in [1.165, 1.54) is 0 Å². The minimum Gasteiger partial charge on any atom is -0.162 e. The van der Waals surface area contributed by atoms with Crippen molar-refractivity contribution in [1.29, 1.82) is 0 Å². The zero-order chi connectivity index (χ0) is 7.45. The molecule has 4 heteroatoms. The predicted octanol–water partition coefficient (Wildman–Crippen LogP) is 2.58. The smallest absolute Gasteiger partial charge is 0.0475 e. The summed E-state index contributed by atoms with van der Waals surface area (Å²) in [5.74, 6) is 2.27. The van der Waals surface area contributed by atoms with E-state index >= 15 is 0 Å². The number of hydrogen-bond acceptors (Lipinski definition) is 2. The first-order chi connectivity index (χ1) is 4.77. The lowest BCUT2D eigenvalue weighted by Gasteiger charge is -2.27. The molecule has 0 aromatic heterocycles. The van der Waals surface area contributed by atoms with Crippen LogP contribution in [0.2, 0.25) is 0 Å². The fourth-order valence-corrected chi connectivity index (χ4v) is 2.39. The van der Waals surface area contributed by atoms with Crippen LogP contribution in [0.1, 0.15) is 19.8 Å². The molecule has 0 aromatic rings. The lowest BCUT2D eigenvalue weighted by atomic mass is 9.97. The second kappa shape index (κ2) is 3.17. The van der Waals surface area contributed by atoms with E-state index < -0.39 is 0 Å². The highest BCUT2D eigenvalue weighted by Crippen LogP contribution is 2.29. The number of thioether (sulfide) groups is 1. The largest absolute Gasteiger partial charge is 0.162 e. The zero-order valence-corrected chi connectivity index (χ0v) is 6.89. The van der Waals surface area contributed by atoms with E-state index in [0.717, 1.165) is 24.3 Å². The van der Waals surface area contributed by atoms with Crippen molar-refractivity contribution >= 4 is 11.8 Å². The summed E-state index contributed by atoms with van der Waals surface area (Å²) in [7, 11) is 0. The Kier molecular flexibility index (Phi) is 2.46. The molecule has 0 spiro atoms. The van der Waals surface area contributed by atoms with Crippen LogP contribution in [0.25, 0.3) is 10.4 Å². The summed E-state index contributed by atoms with van der Waals surface area (Å²) in [6, 6.07) is 0. The fourth-order valence-electron chi connectivity index (χ4n) is 1.02. The van der Waals surface area contributed by atoms with Gasteiger partial charge in [0.25, 0.3) is 0 Å². The molecular formula is C6H11N3S. The van der Waals surface area contributed by atoms with Crippen LogP contribution in [0.15, 0.2) is 5.11 Å². The Labute approximate surface area is 64.8 Å². The molecule has 0 amide bonds. The summed E-state index contributed by atoms with van der Waals surface area (Å²) in [5.41, 5.74) is 8.15. The average Bonchev–Trinajstić information content (AvgIpc) is 1.89. The maximum absolute atomic E-state index is 8.24. The van der Waals surface area contributed by atoms with Crippen molar-refractivity contribution < 1.29 is 0 Å². The molecule has 0 aliphatic carbocycles. The number of nitrogens with zero attached hydrogens (tertiary/aromatic N) is 3. The zero-order valence-electron chi connectivity index (χ0n) is 6.08. The summed E-state index contributed by atoms with van der Waals surface area (Å²) >= 11 is 1.94. The number of hydrogen-bond donors (Lipinski definition) is 0. The highest BCUT2D eigenvalue weighted by molar-refractivity contribution is 7.99. The van der Waals surface area contributed by atoms with Crippen LogP contribution >= 0.6 is 11.8 Å². The van der Waals surface area contributed by atoms with E-state index in [-0.39, 0.29) is 5.54 Å². The Morgan fingerprint density at radius 1 is 1.50 bits per heavy atom. The van der Waals surface area contributed by atoms with Crippen LogP contribution in [0.4, 0.5) is 0 Å². The van der Waals surface area contributed by atoms with Gasteiger partial charge in [-0.2, -0.15) is 11.8 Å². The fraction of sp³-hybridized carbons (Fsp3) is 1.00. The molecular weight excluding hydrogens is 146 g/mol. The molecule has 0 aromatic carbocycles. The lowest BCUT2D eigenvalue weighted by molar-refractivity contribution is 0.433. The quantitative estimate of drug-likeness (QED) is 0.328. The van der Waals surface area contributed by atoms with Crippen LogP contribution in [-0.2, 0) is 0 Å². The molecule has 0 atom stereocenters. The minimum atomic E-state index is -0.0833. The second-order valence-electron chi connectivity index (χ2n) is 2.80. The van der Waals surface area contributed by atoms with Crippen LogP contribution in [0.3, 0.4) is 0 Å². The van der Waals surface area contributed by atoms with E-state index in [1.54, 1.807) is 0 Å². The van der Waals surface area contributed by atoms with Crippen LogP contribution in [-0.4, -0.2) is 17.0 Å². The van der Waals surface area contributed by atoms with Crippen LogP contribution < -0.4 is 0 Å². The van der Waals surface area contributed by atoms with Gasteiger partial charge in [0.2, 0.25) is 0 Å². The molecule has 1 rings (SSSR count). The summed E-state index contributed by atoms with van der Waals surface area (Å²) in [5, 5.41) is 3.78. The summed E-state index contributed by atoms with van der Waals surface area (Å²) < 4.78 is 0. The molecule has 1 aliphatic heterocycles. The third-order valence-corrected chi connectivity index (χ3v) is 2.84. The van der Waals surface area contributed by atoms with Gasteiger partial charge in [-0.25, -0.2) is 0 Å². The second-order valence-corrected chi connectivity index (χ2v) is 4.02. The van der Waals surface area contributed by atoms with Gasteiger partial charge in [0.15, 0.2) is 0 Å². The first kappa shape index (κ1) is 7.76. The Morgan fingerprint density at radius 2 is 2.10 bits per heavy atom. The molecule has 10 heavy (non-hydrogen) atoms. The van der Waals surface area contributed by atoms with Gasteiger partial charge in [0, 0.05) is 10.5 Å². The van der Waals surface area contributed by atoms with Crippen LogP contribution in [0, 0.1) is 0 Å². The molecule has 1 saturated heterocycles. The van der Waals surface area contributed by atoms with Gasteiger partial charge >= 0.3 is 0 Å². The molecule has 0 radical (unpaired) electrons. The predicted molar refractivity (Wildman–Crippen MR) is 44.1 cm³/mol. The Bertz CT molecular complexity index is 156. The maximum atomic E-state index is 8.24. The highest BCUT2D eigenvalue weighted by Gasteiger charge is 2.25. The number of rotatable bonds is 1. The van der Waals surface area contributed by atoms with E-state index in [2.05, 4.69) is 10.0 Å². The van der Waals surface area contributed by atoms with Crippen molar-refractivity contribution in [1.82, 2.24) is 0 Å². The van der Waals surface area contributed by atoms with Gasteiger partial charge in [-0.05, 0) is 29.9 Å². The normalized spacial score (nSPS) is 23.3.